The van der Waals surface area contributed by atoms with Crippen molar-refractivity contribution in [2.24, 2.45) is 5.41 Å². The van der Waals surface area contributed by atoms with E-state index in [0.29, 0.717) is 5.41 Å². The largest absolute Gasteiger partial charge is 0.372 e. The molecule has 0 aromatic heterocycles. The SMILES string of the molecule is CN1CCC2(CC1)CCN(C(=O)COC[C@@H]1COC(C)(C)CN1S(=O)(=O)c1cccc(Cl)c1Cl)CC2. The molecule has 4 rings (SSSR count). The van der Waals surface area contributed by atoms with Crippen molar-refractivity contribution in [2.45, 2.75) is 56.1 Å². The number of hydrogen-bond acceptors (Lipinski definition) is 6. The Balaban J connectivity index is 1.35. The number of rotatable bonds is 6. The molecule has 0 aliphatic carbocycles. The van der Waals surface area contributed by atoms with Crippen LogP contribution in [0, 0.1) is 5.41 Å². The van der Waals surface area contributed by atoms with Crippen LogP contribution in [0.5, 0.6) is 0 Å². The molecule has 8 nitrogen and oxygen atoms in total. The minimum atomic E-state index is -3.97. The molecule has 1 aromatic rings. The first-order valence-electron chi connectivity index (χ1n) is 12.6. The van der Waals surface area contributed by atoms with E-state index in [1.54, 1.807) is 12.1 Å². The van der Waals surface area contributed by atoms with Crippen LogP contribution >= 0.6 is 23.2 Å². The quantitative estimate of drug-likeness (QED) is 0.528. The van der Waals surface area contributed by atoms with Gasteiger partial charge in [0.1, 0.15) is 11.5 Å². The van der Waals surface area contributed by atoms with Gasteiger partial charge in [0.05, 0.1) is 34.9 Å². The normalized spacial score (nSPS) is 25.2. The van der Waals surface area contributed by atoms with E-state index in [4.69, 9.17) is 32.7 Å². The van der Waals surface area contributed by atoms with Gasteiger partial charge in [-0.05, 0) is 77.2 Å². The number of amides is 1. The predicted molar refractivity (Wildman–Crippen MR) is 140 cm³/mol. The highest BCUT2D eigenvalue weighted by molar-refractivity contribution is 7.89. The highest BCUT2D eigenvalue weighted by Gasteiger charge is 2.42. The summed E-state index contributed by atoms with van der Waals surface area (Å²) in [7, 11) is -1.80. The van der Waals surface area contributed by atoms with Gasteiger partial charge in [-0.1, -0.05) is 29.3 Å². The van der Waals surface area contributed by atoms with Gasteiger partial charge >= 0.3 is 0 Å². The summed E-state index contributed by atoms with van der Waals surface area (Å²) >= 11 is 12.3. The minimum absolute atomic E-state index is 0.00853. The summed E-state index contributed by atoms with van der Waals surface area (Å²) in [5, 5.41) is 0.165. The fourth-order valence-electron chi connectivity index (χ4n) is 5.37. The lowest BCUT2D eigenvalue weighted by Gasteiger charge is -2.46. The van der Waals surface area contributed by atoms with E-state index in [1.165, 1.54) is 23.2 Å². The van der Waals surface area contributed by atoms with Gasteiger partial charge in [-0.3, -0.25) is 4.79 Å². The molecule has 3 aliphatic rings. The lowest BCUT2D eigenvalue weighted by molar-refractivity contribution is -0.142. The van der Waals surface area contributed by atoms with Crippen LogP contribution in [0.15, 0.2) is 23.1 Å². The van der Waals surface area contributed by atoms with Crippen LogP contribution < -0.4 is 0 Å². The molecule has 3 heterocycles. The number of likely N-dealkylation sites (tertiary alicyclic amines) is 2. The Morgan fingerprint density at radius 2 is 1.75 bits per heavy atom. The fourth-order valence-corrected chi connectivity index (χ4v) is 7.86. The molecule has 3 fully saturated rings. The molecule has 0 N–H and O–H groups in total. The third-order valence-electron chi connectivity index (χ3n) is 7.87. The van der Waals surface area contributed by atoms with Crippen molar-refractivity contribution in [1.29, 1.82) is 0 Å². The van der Waals surface area contributed by atoms with Gasteiger partial charge < -0.3 is 19.3 Å². The van der Waals surface area contributed by atoms with Crippen molar-refractivity contribution >= 4 is 39.1 Å². The number of ether oxygens (including phenoxy) is 2. The monoisotopic (exact) mass is 561 g/mol. The number of nitrogens with zero attached hydrogens (tertiary/aromatic N) is 3. The summed E-state index contributed by atoms with van der Waals surface area (Å²) in [5.74, 6) is -0.0536. The molecular formula is C25H37Cl2N3O5S. The zero-order valence-electron chi connectivity index (χ0n) is 21.3. The maximum Gasteiger partial charge on any atom is 0.248 e. The van der Waals surface area contributed by atoms with E-state index < -0.39 is 21.7 Å². The number of carbonyl (C=O) groups excluding carboxylic acids is 1. The van der Waals surface area contributed by atoms with Gasteiger partial charge in [0.15, 0.2) is 0 Å². The smallest absolute Gasteiger partial charge is 0.248 e. The second-order valence-corrected chi connectivity index (χ2v) is 13.7. The number of morpholine rings is 1. The average Bonchev–Trinajstić information content (AvgIpc) is 2.83. The van der Waals surface area contributed by atoms with Crippen molar-refractivity contribution in [3.8, 4) is 0 Å². The third kappa shape index (κ3) is 6.20. The van der Waals surface area contributed by atoms with Crippen LogP contribution in [0.1, 0.15) is 39.5 Å². The second kappa shape index (κ2) is 11.0. The Bertz CT molecular complexity index is 1050. The average molecular weight is 563 g/mol. The lowest BCUT2D eigenvalue weighted by atomic mass is 9.71. The van der Waals surface area contributed by atoms with E-state index in [1.807, 2.05) is 18.7 Å². The number of carbonyl (C=O) groups is 1. The van der Waals surface area contributed by atoms with Gasteiger partial charge in [0.25, 0.3) is 0 Å². The Morgan fingerprint density at radius 1 is 1.11 bits per heavy atom. The topological polar surface area (TPSA) is 79.4 Å². The summed E-state index contributed by atoms with van der Waals surface area (Å²) in [6, 6.07) is 3.97. The molecule has 3 saturated heterocycles. The zero-order valence-corrected chi connectivity index (χ0v) is 23.7. The van der Waals surface area contributed by atoms with E-state index in [0.717, 1.165) is 39.0 Å². The summed E-state index contributed by atoms with van der Waals surface area (Å²) in [6.07, 6.45) is 4.46. The van der Waals surface area contributed by atoms with Crippen molar-refractivity contribution in [1.82, 2.24) is 14.1 Å². The van der Waals surface area contributed by atoms with Crippen molar-refractivity contribution in [2.75, 3.05) is 59.6 Å². The van der Waals surface area contributed by atoms with Crippen molar-refractivity contribution in [3.05, 3.63) is 28.2 Å². The van der Waals surface area contributed by atoms with Gasteiger partial charge in [-0.15, -0.1) is 0 Å². The molecule has 11 heteroatoms. The van der Waals surface area contributed by atoms with Crippen molar-refractivity contribution < 1.29 is 22.7 Å². The maximum atomic E-state index is 13.6. The molecule has 202 valence electrons. The summed E-state index contributed by atoms with van der Waals surface area (Å²) < 4.78 is 40.2. The Hall–Kier alpha value is -0.940. The molecule has 1 spiro atoms. The predicted octanol–water partition coefficient (Wildman–Crippen LogP) is 3.51. The molecule has 0 bridgehead atoms. The molecule has 0 unspecified atom stereocenters. The fraction of sp³-hybridized carbons (Fsp3) is 0.720. The van der Waals surface area contributed by atoms with Crippen LogP contribution in [-0.4, -0.2) is 99.7 Å². The highest BCUT2D eigenvalue weighted by atomic mass is 35.5. The number of halogens is 2. The Morgan fingerprint density at radius 3 is 2.42 bits per heavy atom. The number of piperidine rings is 2. The van der Waals surface area contributed by atoms with Crippen LogP contribution in [-0.2, 0) is 24.3 Å². The van der Waals surface area contributed by atoms with E-state index in [-0.39, 0.29) is 47.2 Å². The van der Waals surface area contributed by atoms with Crippen LogP contribution in [0.4, 0.5) is 0 Å². The summed E-state index contributed by atoms with van der Waals surface area (Å²) in [6.45, 7) is 7.66. The molecule has 36 heavy (non-hydrogen) atoms. The van der Waals surface area contributed by atoms with E-state index in [9.17, 15) is 13.2 Å². The number of hydrogen-bond donors (Lipinski definition) is 0. The summed E-state index contributed by atoms with van der Waals surface area (Å²) in [5.41, 5.74) is -0.311. The minimum Gasteiger partial charge on any atom is -0.372 e. The van der Waals surface area contributed by atoms with Crippen LogP contribution in [0.2, 0.25) is 10.0 Å². The molecule has 3 aliphatic heterocycles. The first kappa shape index (κ1) is 28.1. The van der Waals surface area contributed by atoms with Gasteiger partial charge in [0.2, 0.25) is 15.9 Å². The molecular weight excluding hydrogens is 525 g/mol. The Kier molecular flexibility index (Phi) is 8.61. The Labute approximate surface area is 224 Å². The molecule has 0 saturated carbocycles. The van der Waals surface area contributed by atoms with Gasteiger partial charge in [0, 0.05) is 19.6 Å². The van der Waals surface area contributed by atoms with E-state index >= 15 is 0 Å². The lowest BCUT2D eigenvalue weighted by Crippen LogP contribution is -2.57. The zero-order chi connectivity index (χ0) is 26.1. The van der Waals surface area contributed by atoms with Crippen LogP contribution in [0.3, 0.4) is 0 Å². The first-order valence-corrected chi connectivity index (χ1v) is 14.8. The maximum absolute atomic E-state index is 13.6. The number of benzene rings is 1. The van der Waals surface area contributed by atoms with Crippen molar-refractivity contribution in [3.63, 3.8) is 0 Å². The molecule has 1 aromatic carbocycles. The van der Waals surface area contributed by atoms with Crippen LogP contribution in [0.25, 0.3) is 0 Å². The molecule has 1 amide bonds. The first-order chi connectivity index (χ1) is 16.9. The third-order valence-corrected chi connectivity index (χ3v) is 10.7. The summed E-state index contributed by atoms with van der Waals surface area (Å²) in [4.78, 5) is 17.0. The van der Waals surface area contributed by atoms with Gasteiger partial charge in [-0.25, -0.2) is 8.42 Å². The molecule has 1 atom stereocenters. The number of sulfonamides is 1. The standard InChI is InChI=1S/C25H37Cl2N3O5S/c1-24(2)18-30(36(32,33)21-6-4-5-20(26)23(21)27)19(16-35-24)15-34-17-22(31)29-13-9-25(10-14-29)7-11-28(3)12-8-25/h4-6,19H,7-18H2,1-3H3/t19-/m1/s1. The second-order valence-electron chi connectivity index (χ2n) is 11.0. The van der Waals surface area contributed by atoms with E-state index in [2.05, 4.69) is 11.9 Å². The van der Waals surface area contributed by atoms with Gasteiger partial charge in [-0.2, -0.15) is 4.31 Å². The molecule has 0 radical (unpaired) electrons. The highest BCUT2D eigenvalue weighted by Crippen LogP contribution is 2.41.